The van der Waals surface area contributed by atoms with Gasteiger partial charge in [-0.15, -0.1) is 0 Å². The van der Waals surface area contributed by atoms with E-state index in [0.29, 0.717) is 11.8 Å². The number of ether oxygens (including phenoxy) is 2. The zero-order chi connectivity index (χ0) is 11.3. The molecule has 82 valence electrons. The van der Waals surface area contributed by atoms with Crippen molar-refractivity contribution in [3.05, 3.63) is 12.3 Å². The monoisotopic (exact) mass is 211 g/mol. The van der Waals surface area contributed by atoms with Gasteiger partial charge in [0.1, 0.15) is 6.54 Å². The number of nitrogens with zero attached hydrogens (tertiary/aromatic N) is 3. The normalized spacial score (nSPS) is 9.53. The highest BCUT2D eigenvalue weighted by atomic mass is 16.5. The summed E-state index contributed by atoms with van der Waals surface area (Å²) in [5, 5.41) is 0. The van der Waals surface area contributed by atoms with Crippen molar-refractivity contribution >= 4 is 11.9 Å². The first-order valence-corrected chi connectivity index (χ1v) is 4.32. The van der Waals surface area contributed by atoms with Crippen molar-refractivity contribution in [2.24, 2.45) is 0 Å². The third kappa shape index (κ3) is 3.08. The second kappa shape index (κ2) is 5.14. The van der Waals surface area contributed by atoms with E-state index in [1.165, 1.54) is 14.2 Å². The van der Waals surface area contributed by atoms with Crippen molar-refractivity contribution < 1.29 is 14.3 Å². The van der Waals surface area contributed by atoms with E-state index in [-0.39, 0.29) is 12.5 Å². The van der Waals surface area contributed by atoms with Gasteiger partial charge in [-0.1, -0.05) is 0 Å². The van der Waals surface area contributed by atoms with Crippen LogP contribution in [0.2, 0.25) is 0 Å². The Balaban J connectivity index is 2.72. The average Bonchev–Trinajstić information content (AvgIpc) is 2.28. The second-order valence-corrected chi connectivity index (χ2v) is 2.83. The first kappa shape index (κ1) is 11.2. The number of hydrogen-bond acceptors (Lipinski definition) is 6. The Morgan fingerprint density at radius 2 is 2.27 bits per heavy atom. The fourth-order valence-corrected chi connectivity index (χ4v) is 0.959. The summed E-state index contributed by atoms with van der Waals surface area (Å²) in [6.07, 6.45) is 1.56. The highest BCUT2D eigenvalue weighted by molar-refractivity contribution is 5.74. The lowest BCUT2D eigenvalue weighted by Crippen LogP contribution is -2.27. The van der Waals surface area contributed by atoms with Crippen LogP contribution in [0.15, 0.2) is 12.3 Å². The van der Waals surface area contributed by atoms with Gasteiger partial charge in [-0.3, -0.25) is 4.79 Å². The van der Waals surface area contributed by atoms with Crippen molar-refractivity contribution in [3.8, 4) is 5.88 Å². The number of likely N-dealkylation sites (N-methyl/N-ethyl adjacent to an activating group) is 1. The van der Waals surface area contributed by atoms with E-state index in [0.717, 1.165) is 0 Å². The van der Waals surface area contributed by atoms with Crippen molar-refractivity contribution in [1.29, 1.82) is 0 Å². The van der Waals surface area contributed by atoms with E-state index in [9.17, 15) is 4.79 Å². The summed E-state index contributed by atoms with van der Waals surface area (Å²) >= 11 is 0. The molecule has 0 spiro atoms. The van der Waals surface area contributed by atoms with Gasteiger partial charge < -0.3 is 14.4 Å². The number of hydrogen-bond donors (Lipinski definition) is 0. The number of methoxy groups -OCH3 is 2. The third-order valence-corrected chi connectivity index (χ3v) is 1.76. The molecule has 0 radical (unpaired) electrons. The van der Waals surface area contributed by atoms with Crippen LogP contribution in [0.5, 0.6) is 5.88 Å². The van der Waals surface area contributed by atoms with Gasteiger partial charge in [-0.2, -0.15) is 4.98 Å². The summed E-state index contributed by atoms with van der Waals surface area (Å²) in [5.74, 6) is 0.528. The van der Waals surface area contributed by atoms with Crippen LogP contribution in [0, 0.1) is 0 Å². The molecule has 1 aromatic rings. The second-order valence-electron chi connectivity index (χ2n) is 2.83. The van der Waals surface area contributed by atoms with E-state index in [2.05, 4.69) is 14.7 Å². The molecule has 1 heterocycles. The Hall–Kier alpha value is -1.85. The Morgan fingerprint density at radius 3 is 2.87 bits per heavy atom. The van der Waals surface area contributed by atoms with Gasteiger partial charge in [-0.05, 0) is 0 Å². The van der Waals surface area contributed by atoms with E-state index >= 15 is 0 Å². The smallest absolute Gasteiger partial charge is 0.325 e. The fourth-order valence-electron chi connectivity index (χ4n) is 0.959. The Labute approximate surface area is 87.8 Å². The molecule has 0 aliphatic heterocycles. The van der Waals surface area contributed by atoms with Gasteiger partial charge in [0, 0.05) is 19.3 Å². The molecule has 6 heteroatoms. The molecule has 0 aliphatic carbocycles. The van der Waals surface area contributed by atoms with Crippen LogP contribution >= 0.6 is 0 Å². The van der Waals surface area contributed by atoms with Crippen LogP contribution in [0.3, 0.4) is 0 Å². The van der Waals surface area contributed by atoms with Gasteiger partial charge in [0.2, 0.25) is 11.8 Å². The molecule has 0 aromatic carbocycles. The topological polar surface area (TPSA) is 64.5 Å². The lowest BCUT2D eigenvalue weighted by molar-refractivity contribution is -0.138. The largest absolute Gasteiger partial charge is 0.481 e. The van der Waals surface area contributed by atoms with Crippen molar-refractivity contribution in [1.82, 2.24) is 9.97 Å². The number of rotatable bonds is 4. The van der Waals surface area contributed by atoms with Crippen molar-refractivity contribution in [2.45, 2.75) is 0 Å². The molecule has 0 amide bonds. The molecule has 0 aliphatic rings. The maximum atomic E-state index is 11.0. The fraction of sp³-hybridized carbons (Fsp3) is 0.444. The minimum Gasteiger partial charge on any atom is -0.481 e. The van der Waals surface area contributed by atoms with Gasteiger partial charge >= 0.3 is 5.97 Å². The Kier molecular flexibility index (Phi) is 3.84. The summed E-state index contributed by atoms with van der Waals surface area (Å²) in [4.78, 5) is 20.6. The van der Waals surface area contributed by atoms with Crippen molar-refractivity contribution in [2.75, 3.05) is 32.7 Å². The SMILES string of the molecule is COC(=O)CN(C)c1nccc(OC)n1. The maximum Gasteiger partial charge on any atom is 0.325 e. The molecule has 0 atom stereocenters. The number of aromatic nitrogens is 2. The molecule has 6 nitrogen and oxygen atoms in total. The molecule has 0 N–H and O–H groups in total. The Bertz CT molecular complexity index is 343. The number of anilines is 1. The minimum absolute atomic E-state index is 0.101. The van der Waals surface area contributed by atoms with E-state index in [1.54, 1.807) is 24.2 Å². The number of esters is 1. The van der Waals surface area contributed by atoms with Crippen LogP contribution in [0.4, 0.5) is 5.95 Å². The molecular weight excluding hydrogens is 198 g/mol. The highest BCUT2D eigenvalue weighted by Gasteiger charge is 2.10. The summed E-state index contributed by atoms with van der Waals surface area (Å²) in [6, 6.07) is 1.63. The predicted octanol–water partition coefficient (Wildman–Crippen LogP) is 0.0944. The van der Waals surface area contributed by atoms with Gasteiger partial charge in [0.05, 0.1) is 14.2 Å². The molecular formula is C9H13N3O3. The van der Waals surface area contributed by atoms with Crippen molar-refractivity contribution in [3.63, 3.8) is 0 Å². The molecule has 0 saturated carbocycles. The lowest BCUT2D eigenvalue weighted by atomic mass is 10.5. The van der Waals surface area contributed by atoms with Crippen LogP contribution < -0.4 is 9.64 Å². The van der Waals surface area contributed by atoms with E-state index in [1.807, 2.05) is 0 Å². The molecule has 0 saturated heterocycles. The standard InChI is InChI=1S/C9H13N3O3/c1-12(6-8(13)15-3)9-10-5-4-7(11-9)14-2/h4-5H,6H2,1-3H3. The van der Waals surface area contributed by atoms with E-state index < -0.39 is 0 Å². The minimum atomic E-state index is -0.344. The summed E-state index contributed by atoms with van der Waals surface area (Å²) in [5.41, 5.74) is 0. The van der Waals surface area contributed by atoms with E-state index in [4.69, 9.17) is 4.74 Å². The maximum absolute atomic E-state index is 11.0. The molecule has 0 unspecified atom stereocenters. The molecule has 0 fully saturated rings. The predicted molar refractivity (Wildman–Crippen MR) is 53.9 cm³/mol. The van der Waals surface area contributed by atoms with Gasteiger partial charge in [-0.25, -0.2) is 4.98 Å². The number of carbonyl (C=O) groups is 1. The molecule has 1 aromatic heterocycles. The van der Waals surface area contributed by atoms with Gasteiger partial charge in [0.15, 0.2) is 0 Å². The summed E-state index contributed by atoms with van der Waals surface area (Å²) in [6.45, 7) is 0.101. The van der Waals surface area contributed by atoms with Gasteiger partial charge in [0.25, 0.3) is 0 Å². The quantitative estimate of drug-likeness (QED) is 0.658. The summed E-state index contributed by atoms with van der Waals surface area (Å²) in [7, 11) is 4.56. The van der Waals surface area contributed by atoms with Crippen LogP contribution in [0.1, 0.15) is 0 Å². The first-order chi connectivity index (χ1) is 7.17. The first-order valence-electron chi connectivity index (χ1n) is 4.32. The van der Waals surface area contributed by atoms with Crippen LogP contribution in [-0.4, -0.2) is 43.7 Å². The zero-order valence-electron chi connectivity index (χ0n) is 8.93. The molecule has 15 heavy (non-hydrogen) atoms. The molecule has 1 rings (SSSR count). The van der Waals surface area contributed by atoms with Crippen LogP contribution in [0.25, 0.3) is 0 Å². The molecule has 0 bridgehead atoms. The van der Waals surface area contributed by atoms with Crippen LogP contribution in [-0.2, 0) is 9.53 Å². The summed E-state index contributed by atoms with van der Waals surface area (Å²) < 4.78 is 9.47. The highest BCUT2D eigenvalue weighted by Crippen LogP contribution is 2.10. The average molecular weight is 211 g/mol. The Morgan fingerprint density at radius 1 is 1.53 bits per heavy atom. The third-order valence-electron chi connectivity index (χ3n) is 1.76. The lowest BCUT2D eigenvalue weighted by Gasteiger charge is -2.15. The zero-order valence-corrected chi connectivity index (χ0v) is 8.93. The number of carbonyl (C=O) groups excluding carboxylic acids is 1.